The van der Waals surface area contributed by atoms with Gasteiger partial charge in [-0.2, -0.15) is 0 Å². The molecule has 21 heavy (non-hydrogen) atoms. The minimum absolute atomic E-state index is 0. The summed E-state index contributed by atoms with van der Waals surface area (Å²) in [6.07, 6.45) is 0. The number of phenols is 1. The smallest absolute Gasteiger partial charge is 0.339 e. The molecule has 3 rings (SSSR count). The summed E-state index contributed by atoms with van der Waals surface area (Å²) in [5, 5.41) is 10.9. The minimum atomic E-state index is -0.355. The van der Waals surface area contributed by atoms with E-state index in [0.717, 1.165) is 18.5 Å². The summed E-state index contributed by atoms with van der Waals surface area (Å²) in [6.45, 7) is 5.28. The van der Waals surface area contributed by atoms with Gasteiger partial charge in [0.25, 0.3) is 0 Å². The van der Waals surface area contributed by atoms with E-state index in [9.17, 15) is 9.90 Å². The number of aromatic hydroxyl groups is 1. The van der Waals surface area contributed by atoms with Crippen LogP contribution in [0, 0.1) is 6.92 Å². The van der Waals surface area contributed by atoms with E-state index in [1.807, 2.05) is 0 Å². The Bertz CT molecular complexity index is 692. The molecule has 1 saturated heterocycles. The Morgan fingerprint density at radius 3 is 2.71 bits per heavy atom. The molecule has 0 unspecified atom stereocenters. The standard InChI is InChI=1S/C15H17NO4.ClH/c1-10-8-11-2-3-13(17)12(14(11)20-15(10)18)9-16-4-6-19-7-5-16;/h2-3,8,17H,4-7,9H2,1H3;1H. The molecule has 5 nitrogen and oxygen atoms in total. The molecule has 114 valence electrons. The number of morpholine rings is 1. The van der Waals surface area contributed by atoms with Gasteiger partial charge in [-0.1, -0.05) is 0 Å². The van der Waals surface area contributed by atoms with Crippen LogP contribution in [0.3, 0.4) is 0 Å². The second-order valence-electron chi connectivity index (χ2n) is 5.09. The van der Waals surface area contributed by atoms with E-state index in [-0.39, 0.29) is 23.8 Å². The van der Waals surface area contributed by atoms with Crippen LogP contribution >= 0.6 is 12.4 Å². The highest BCUT2D eigenvalue weighted by Gasteiger charge is 2.17. The summed E-state index contributed by atoms with van der Waals surface area (Å²) in [6, 6.07) is 5.21. The Kier molecular flexibility index (Phi) is 4.88. The maximum Gasteiger partial charge on any atom is 0.339 e. The second-order valence-corrected chi connectivity index (χ2v) is 5.09. The Hall–Kier alpha value is -1.56. The molecule has 0 atom stereocenters. The molecular weight excluding hydrogens is 294 g/mol. The molecule has 2 heterocycles. The lowest BCUT2D eigenvalue weighted by Gasteiger charge is -2.26. The number of hydrogen-bond donors (Lipinski definition) is 1. The van der Waals surface area contributed by atoms with Gasteiger partial charge in [0.2, 0.25) is 0 Å². The number of fused-ring (bicyclic) bond motifs is 1. The highest BCUT2D eigenvalue weighted by Crippen LogP contribution is 2.28. The summed E-state index contributed by atoms with van der Waals surface area (Å²) in [5.41, 5.74) is 1.36. The van der Waals surface area contributed by atoms with Crippen LogP contribution in [0.5, 0.6) is 5.75 Å². The lowest BCUT2D eigenvalue weighted by Crippen LogP contribution is -2.35. The van der Waals surface area contributed by atoms with E-state index in [4.69, 9.17) is 9.15 Å². The monoisotopic (exact) mass is 311 g/mol. The molecule has 1 fully saturated rings. The van der Waals surface area contributed by atoms with Crippen molar-refractivity contribution < 1.29 is 14.3 Å². The quantitative estimate of drug-likeness (QED) is 0.860. The first-order valence-corrected chi connectivity index (χ1v) is 6.70. The predicted molar refractivity (Wildman–Crippen MR) is 82.2 cm³/mol. The number of halogens is 1. The van der Waals surface area contributed by atoms with Crippen molar-refractivity contribution in [2.45, 2.75) is 13.5 Å². The fourth-order valence-corrected chi connectivity index (χ4v) is 2.47. The zero-order chi connectivity index (χ0) is 14.1. The van der Waals surface area contributed by atoms with Gasteiger partial charge >= 0.3 is 5.63 Å². The zero-order valence-electron chi connectivity index (χ0n) is 11.8. The van der Waals surface area contributed by atoms with Crippen LogP contribution < -0.4 is 5.63 Å². The zero-order valence-corrected chi connectivity index (χ0v) is 12.6. The van der Waals surface area contributed by atoms with Crippen molar-refractivity contribution in [2.75, 3.05) is 26.3 Å². The van der Waals surface area contributed by atoms with Crippen LogP contribution in [0.4, 0.5) is 0 Å². The van der Waals surface area contributed by atoms with Crippen molar-refractivity contribution in [2.24, 2.45) is 0 Å². The molecule has 6 heteroatoms. The summed E-state index contributed by atoms with van der Waals surface area (Å²) in [4.78, 5) is 13.9. The van der Waals surface area contributed by atoms with E-state index in [1.54, 1.807) is 25.1 Å². The molecular formula is C15H18ClNO4. The largest absolute Gasteiger partial charge is 0.507 e. The third kappa shape index (κ3) is 3.20. The van der Waals surface area contributed by atoms with Gasteiger partial charge in [0, 0.05) is 30.6 Å². The molecule has 1 N–H and O–H groups in total. The van der Waals surface area contributed by atoms with Crippen molar-refractivity contribution in [3.63, 3.8) is 0 Å². The number of benzene rings is 1. The number of ether oxygens (including phenoxy) is 1. The normalized spacial score (nSPS) is 15.9. The number of aryl methyl sites for hydroxylation is 1. The molecule has 2 aromatic rings. The van der Waals surface area contributed by atoms with E-state index < -0.39 is 0 Å². The van der Waals surface area contributed by atoms with Gasteiger partial charge in [-0.15, -0.1) is 12.4 Å². The fraction of sp³-hybridized carbons (Fsp3) is 0.400. The van der Waals surface area contributed by atoms with Crippen molar-refractivity contribution in [3.05, 3.63) is 39.7 Å². The molecule has 1 aromatic carbocycles. The Morgan fingerprint density at radius 1 is 1.29 bits per heavy atom. The molecule has 0 aliphatic carbocycles. The first-order chi connectivity index (χ1) is 9.65. The van der Waals surface area contributed by atoms with Gasteiger partial charge in [-0.25, -0.2) is 4.79 Å². The first-order valence-electron chi connectivity index (χ1n) is 6.70. The summed E-state index contributed by atoms with van der Waals surface area (Å²) >= 11 is 0. The van der Waals surface area contributed by atoms with E-state index in [0.29, 0.717) is 36.5 Å². The van der Waals surface area contributed by atoms with Gasteiger partial charge in [0.15, 0.2) is 0 Å². The van der Waals surface area contributed by atoms with Crippen molar-refractivity contribution in [1.29, 1.82) is 0 Å². The number of nitrogens with zero attached hydrogens (tertiary/aromatic N) is 1. The molecule has 1 aromatic heterocycles. The van der Waals surface area contributed by atoms with Crippen LogP contribution in [0.1, 0.15) is 11.1 Å². The van der Waals surface area contributed by atoms with Crippen LogP contribution in [-0.4, -0.2) is 36.3 Å². The number of phenolic OH excluding ortho intramolecular Hbond substituents is 1. The lowest BCUT2D eigenvalue weighted by molar-refractivity contribution is 0.0339. The highest BCUT2D eigenvalue weighted by molar-refractivity contribution is 5.85. The van der Waals surface area contributed by atoms with E-state index in [1.165, 1.54) is 0 Å². The Labute approximate surface area is 128 Å². The molecule has 0 amide bonds. The maximum absolute atomic E-state index is 11.7. The topological polar surface area (TPSA) is 62.9 Å². The average molecular weight is 312 g/mol. The molecule has 1 aliphatic heterocycles. The number of hydrogen-bond acceptors (Lipinski definition) is 5. The highest BCUT2D eigenvalue weighted by atomic mass is 35.5. The van der Waals surface area contributed by atoms with E-state index in [2.05, 4.69) is 4.90 Å². The SMILES string of the molecule is Cc1cc2ccc(O)c(CN3CCOCC3)c2oc1=O.Cl. The molecule has 0 bridgehead atoms. The minimum Gasteiger partial charge on any atom is -0.507 e. The van der Waals surface area contributed by atoms with Crippen molar-refractivity contribution >= 4 is 23.4 Å². The molecule has 0 radical (unpaired) electrons. The van der Waals surface area contributed by atoms with Crippen molar-refractivity contribution in [1.82, 2.24) is 4.90 Å². The van der Waals surface area contributed by atoms with Crippen LogP contribution in [0.25, 0.3) is 11.0 Å². The second kappa shape index (κ2) is 6.47. The fourth-order valence-electron chi connectivity index (χ4n) is 2.47. The third-order valence-electron chi connectivity index (χ3n) is 3.64. The Balaban J connectivity index is 0.00000161. The van der Waals surface area contributed by atoms with Crippen LogP contribution in [0.15, 0.2) is 27.4 Å². The summed E-state index contributed by atoms with van der Waals surface area (Å²) in [7, 11) is 0. The van der Waals surface area contributed by atoms with Crippen LogP contribution in [0.2, 0.25) is 0 Å². The van der Waals surface area contributed by atoms with Gasteiger partial charge in [0.05, 0.1) is 18.8 Å². The maximum atomic E-state index is 11.7. The first kappa shape index (κ1) is 15.8. The third-order valence-corrected chi connectivity index (χ3v) is 3.64. The summed E-state index contributed by atoms with van der Waals surface area (Å²) in [5.74, 6) is 0.163. The number of rotatable bonds is 2. The van der Waals surface area contributed by atoms with E-state index >= 15 is 0 Å². The van der Waals surface area contributed by atoms with Crippen LogP contribution in [-0.2, 0) is 11.3 Å². The van der Waals surface area contributed by atoms with Gasteiger partial charge < -0.3 is 14.3 Å². The molecule has 1 aliphatic rings. The Morgan fingerprint density at radius 2 is 2.00 bits per heavy atom. The van der Waals surface area contributed by atoms with Gasteiger partial charge in [-0.05, 0) is 25.1 Å². The predicted octanol–water partition coefficient (Wildman–Crippen LogP) is 2.06. The molecule has 0 spiro atoms. The molecule has 0 saturated carbocycles. The van der Waals surface area contributed by atoms with Gasteiger partial charge in [-0.3, -0.25) is 4.90 Å². The lowest BCUT2D eigenvalue weighted by atomic mass is 10.1. The van der Waals surface area contributed by atoms with Gasteiger partial charge in [0.1, 0.15) is 11.3 Å². The van der Waals surface area contributed by atoms with Crippen molar-refractivity contribution in [3.8, 4) is 5.75 Å². The summed E-state index contributed by atoms with van der Waals surface area (Å²) < 4.78 is 10.7. The average Bonchev–Trinajstić information content (AvgIpc) is 2.45.